The quantitative estimate of drug-likeness (QED) is 0.0643. The highest BCUT2D eigenvalue weighted by Crippen LogP contribution is 2.40. The van der Waals surface area contributed by atoms with Gasteiger partial charge < -0.3 is 135 Å². The summed E-state index contributed by atoms with van der Waals surface area (Å²) in [6.45, 7) is -1.03. The largest absolute Gasteiger partial charge is 0.477 e. The van der Waals surface area contributed by atoms with Crippen LogP contribution in [0, 0.1) is 0 Å². The summed E-state index contributed by atoms with van der Waals surface area (Å²) in [5.74, 6) is -7.03. The van der Waals surface area contributed by atoms with Gasteiger partial charge in [0.15, 0.2) is 25.2 Å². The first kappa shape index (κ1) is 55.4. The van der Waals surface area contributed by atoms with Crippen LogP contribution in [-0.4, -0.2) is 285 Å². The summed E-state index contributed by atoms with van der Waals surface area (Å²) in [6, 6.07) is -3.53. The number of carboxylic acids is 1. The van der Waals surface area contributed by atoms with Gasteiger partial charge >= 0.3 is 5.97 Å². The van der Waals surface area contributed by atoms with E-state index < -0.39 is 210 Å². The third-order valence-electron chi connectivity index (χ3n) is 12.1. The van der Waals surface area contributed by atoms with E-state index in [0.717, 1.165) is 13.8 Å². The van der Waals surface area contributed by atoms with Crippen LogP contribution >= 0.6 is 0 Å². The maximum Gasteiger partial charge on any atom is 0.364 e. The molecule has 5 heterocycles. The second-order valence-corrected chi connectivity index (χ2v) is 16.8. The van der Waals surface area contributed by atoms with E-state index >= 15 is 0 Å². The van der Waals surface area contributed by atoms with Crippen molar-refractivity contribution >= 4 is 17.8 Å². The van der Waals surface area contributed by atoms with Crippen molar-refractivity contribution in [3.8, 4) is 0 Å². The molecule has 30 nitrogen and oxygen atoms in total. The van der Waals surface area contributed by atoms with Crippen LogP contribution in [0.5, 0.6) is 0 Å². The second-order valence-electron chi connectivity index (χ2n) is 16.8. The minimum absolute atomic E-state index is 0.822. The Hall–Kier alpha value is -2.55. The first-order chi connectivity index (χ1) is 31.4. The molecule has 0 unspecified atom stereocenters. The molecule has 0 saturated carbocycles. The fraction of sp³-hybridized carbons (Fsp3) is 0.919. The SMILES string of the molecule is CC(=O)N[C@H]1[C@H](O[C@@H]2[C@@H](O)[C@@H](O)O[C@H](CO)[C@@H]2O)O[C@H](CO)[C@@H](O[C@@H]2O[C@@H](C)[C@@H](O)[C@@H](O)[C@@H]2O)[C@@H]1O[C@@H]1O[C@H](CO)[C@H](O)[C@H](O[C@]2(C(=O)O)C[C@H](O)[C@@H](NC(C)=O)[C@H]([C@H](O)[C@H](O)CO)O2)[C@H]1O. The van der Waals surface area contributed by atoms with Gasteiger partial charge in [0.25, 0.3) is 5.79 Å². The number of nitrogens with one attached hydrogen (secondary N) is 2. The summed E-state index contributed by atoms with van der Waals surface area (Å²) in [4.78, 5) is 38.0. The number of aliphatic carboxylic acids is 1. The summed E-state index contributed by atoms with van der Waals surface area (Å²) < 4.78 is 51.7. The highest BCUT2D eigenvalue weighted by Gasteiger charge is 2.61. The molecule has 0 aromatic rings. The van der Waals surface area contributed by atoms with Gasteiger partial charge in [-0.15, -0.1) is 0 Å². The molecule has 0 spiro atoms. The number of hydrogen-bond acceptors (Lipinski definition) is 27. The Kier molecular flexibility index (Phi) is 19.1. The predicted octanol–water partition coefficient (Wildman–Crippen LogP) is -11.4. The van der Waals surface area contributed by atoms with Crippen LogP contribution in [0.2, 0.25) is 0 Å². The summed E-state index contributed by atoms with van der Waals surface area (Å²) >= 11 is 0. The standard InChI is InChI=1S/C37H62N2O28/c1-9-19(48)23(52)24(53)34(59-9)63-27-16(8-43)62-33(65-30-21(50)14(6-41)60-32(56)25(30)54)18(39-11(3)45)29(27)64-35-26(55)31(22(51)15(7-42)61-35)67-37(36(57)58)4-12(46)17(38-10(2)44)28(66-37)20(49)13(47)5-40/h9,12-35,40-43,46-56H,4-8H2,1-3H3,(H,38,44)(H,39,45)(H,57,58)/t9-,12-,13+,14+,15+,16+,17+,18+,19+,20+,21-,22-,23+,24-,25+,26+,27+,28+,29+,30-,31-,32-,33-,34-,35-,37-/m0/s1. The summed E-state index contributed by atoms with van der Waals surface area (Å²) in [5.41, 5.74) is 0. The second kappa shape index (κ2) is 23.1. The van der Waals surface area contributed by atoms with Crippen LogP contribution in [-0.2, 0) is 57.0 Å². The lowest BCUT2D eigenvalue weighted by Crippen LogP contribution is -2.72. The van der Waals surface area contributed by atoms with E-state index in [1.54, 1.807) is 0 Å². The number of hydrogen-bond donors (Lipinski definition) is 18. The third-order valence-corrected chi connectivity index (χ3v) is 12.1. The summed E-state index contributed by atoms with van der Waals surface area (Å²) in [6.07, 6.45) is -46.8. The molecule has 0 bridgehead atoms. The van der Waals surface area contributed by atoms with Gasteiger partial charge in [0, 0.05) is 20.3 Å². The molecule has 67 heavy (non-hydrogen) atoms. The molecule has 2 amide bonds. The van der Waals surface area contributed by atoms with Gasteiger partial charge in [-0.2, -0.15) is 0 Å². The highest BCUT2D eigenvalue weighted by molar-refractivity contribution is 5.76. The number of carbonyl (C=O) groups is 3. The number of carboxylic acid groups (broad SMARTS) is 1. The zero-order chi connectivity index (χ0) is 50.0. The number of rotatable bonds is 17. The van der Waals surface area contributed by atoms with Gasteiger partial charge in [-0.3, -0.25) is 9.59 Å². The van der Waals surface area contributed by atoms with Gasteiger partial charge in [-0.25, -0.2) is 4.79 Å². The number of ether oxygens (including phenoxy) is 9. The zero-order valence-corrected chi connectivity index (χ0v) is 36.0. The Balaban J connectivity index is 1.57. The molecule has 5 saturated heterocycles. The van der Waals surface area contributed by atoms with E-state index in [0.29, 0.717) is 0 Å². The molecule has 388 valence electrons. The van der Waals surface area contributed by atoms with Crippen LogP contribution in [0.1, 0.15) is 27.2 Å². The van der Waals surface area contributed by atoms with Crippen LogP contribution in [0.15, 0.2) is 0 Å². The van der Waals surface area contributed by atoms with E-state index in [9.17, 15) is 96.1 Å². The van der Waals surface area contributed by atoms with E-state index in [4.69, 9.17) is 42.6 Å². The molecule has 0 aliphatic carbocycles. The molecule has 18 N–H and O–H groups in total. The molecule has 0 radical (unpaired) electrons. The van der Waals surface area contributed by atoms with Gasteiger partial charge in [0.05, 0.1) is 44.7 Å². The third kappa shape index (κ3) is 11.8. The maximum atomic E-state index is 13.1. The molecule has 5 aliphatic rings. The maximum absolute atomic E-state index is 13.1. The minimum Gasteiger partial charge on any atom is -0.477 e. The van der Waals surface area contributed by atoms with Crippen LogP contribution < -0.4 is 10.6 Å². The molecule has 5 fully saturated rings. The lowest BCUT2D eigenvalue weighted by molar-refractivity contribution is -0.395. The number of carbonyl (C=O) groups excluding carboxylic acids is 2. The molecule has 0 aromatic heterocycles. The van der Waals surface area contributed by atoms with Crippen LogP contribution in [0.3, 0.4) is 0 Å². The molecule has 30 heteroatoms. The van der Waals surface area contributed by atoms with Crippen molar-refractivity contribution in [2.24, 2.45) is 0 Å². The van der Waals surface area contributed by atoms with E-state index in [1.807, 2.05) is 0 Å². The minimum atomic E-state index is -3.22. The Morgan fingerprint density at radius 1 is 0.612 bits per heavy atom. The average molecular weight is 983 g/mol. The Bertz CT molecular complexity index is 1640. The fourth-order valence-corrected chi connectivity index (χ4v) is 8.47. The van der Waals surface area contributed by atoms with Crippen molar-refractivity contribution in [3.63, 3.8) is 0 Å². The Labute approximate surface area is 379 Å². The van der Waals surface area contributed by atoms with E-state index in [2.05, 4.69) is 10.6 Å². The van der Waals surface area contributed by atoms with Crippen molar-refractivity contribution in [2.75, 3.05) is 26.4 Å². The molecule has 5 rings (SSSR count). The number of aliphatic hydroxyl groups excluding tert-OH is 15. The summed E-state index contributed by atoms with van der Waals surface area (Å²) in [5, 5.41) is 175. The fourth-order valence-electron chi connectivity index (χ4n) is 8.47. The van der Waals surface area contributed by atoms with Gasteiger partial charge in [-0.05, 0) is 6.92 Å². The summed E-state index contributed by atoms with van der Waals surface area (Å²) in [7, 11) is 0. The van der Waals surface area contributed by atoms with E-state index in [1.165, 1.54) is 6.92 Å². The van der Waals surface area contributed by atoms with E-state index in [-0.39, 0.29) is 0 Å². The first-order valence-corrected chi connectivity index (χ1v) is 21.1. The van der Waals surface area contributed by atoms with Crippen LogP contribution in [0.4, 0.5) is 0 Å². The number of amides is 2. The zero-order valence-electron chi connectivity index (χ0n) is 36.0. The molecule has 0 aromatic carbocycles. The van der Waals surface area contributed by atoms with Gasteiger partial charge in [0.2, 0.25) is 11.8 Å². The molecular weight excluding hydrogens is 920 g/mol. The molecule has 5 aliphatic heterocycles. The molecule has 26 atom stereocenters. The van der Waals surface area contributed by atoms with Gasteiger partial charge in [-0.1, -0.05) is 0 Å². The Morgan fingerprint density at radius 2 is 1.13 bits per heavy atom. The monoisotopic (exact) mass is 982 g/mol. The highest BCUT2D eigenvalue weighted by atomic mass is 16.8. The van der Waals surface area contributed by atoms with Crippen molar-refractivity contribution in [1.82, 2.24) is 10.6 Å². The normalized spacial score (nSPS) is 47.1. The first-order valence-electron chi connectivity index (χ1n) is 21.1. The van der Waals surface area contributed by atoms with Crippen molar-refractivity contribution in [1.29, 1.82) is 0 Å². The molecular formula is C37H62N2O28. The van der Waals surface area contributed by atoms with Crippen molar-refractivity contribution < 1.29 is 139 Å². The topological polar surface area (TPSA) is 482 Å². The number of aliphatic hydroxyl groups is 15. The average Bonchev–Trinajstić information content (AvgIpc) is 3.28. The van der Waals surface area contributed by atoms with Gasteiger partial charge in [0.1, 0.15) is 110 Å². The predicted molar refractivity (Wildman–Crippen MR) is 206 cm³/mol. The van der Waals surface area contributed by atoms with Crippen molar-refractivity contribution in [2.45, 2.75) is 186 Å². The Morgan fingerprint density at radius 3 is 1.70 bits per heavy atom. The lowest BCUT2D eigenvalue weighted by atomic mass is 9.88. The lowest BCUT2D eigenvalue weighted by Gasteiger charge is -2.52. The van der Waals surface area contributed by atoms with Crippen molar-refractivity contribution in [3.05, 3.63) is 0 Å². The van der Waals surface area contributed by atoms with Crippen LogP contribution in [0.25, 0.3) is 0 Å². The smallest absolute Gasteiger partial charge is 0.364 e.